The van der Waals surface area contributed by atoms with Gasteiger partial charge in [-0.25, -0.2) is 14.6 Å². The molecule has 0 atom stereocenters. The van der Waals surface area contributed by atoms with Crippen LogP contribution in [0.5, 0.6) is 0 Å². The fourth-order valence-corrected chi connectivity index (χ4v) is 3.07. The highest BCUT2D eigenvalue weighted by atomic mass is 16.2. The van der Waals surface area contributed by atoms with Gasteiger partial charge in [-0.2, -0.15) is 5.10 Å². The van der Waals surface area contributed by atoms with Crippen LogP contribution in [-0.2, 0) is 6.54 Å². The van der Waals surface area contributed by atoms with Crippen LogP contribution in [0.25, 0.3) is 0 Å². The lowest BCUT2D eigenvalue weighted by Gasteiger charge is -2.11. The van der Waals surface area contributed by atoms with E-state index in [9.17, 15) is 9.59 Å². The topological polar surface area (TPSA) is 93.8 Å². The minimum absolute atomic E-state index is 0.213. The molecular weight excluding hydrogens is 356 g/mol. The summed E-state index contributed by atoms with van der Waals surface area (Å²) in [5.41, 5.74) is 3.60. The maximum Gasteiger partial charge on any atom is 0.347 e. The van der Waals surface area contributed by atoms with Crippen LogP contribution in [0.4, 0.5) is 16.2 Å². The third-order valence-corrected chi connectivity index (χ3v) is 4.37. The van der Waals surface area contributed by atoms with Crippen molar-refractivity contribution in [1.82, 2.24) is 19.3 Å². The van der Waals surface area contributed by atoms with Crippen LogP contribution in [0.15, 0.2) is 47.5 Å². The average molecular weight is 380 g/mol. The zero-order valence-corrected chi connectivity index (χ0v) is 16.4. The van der Waals surface area contributed by atoms with E-state index in [4.69, 9.17) is 0 Å². The summed E-state index contributed by atoms with van der Waals surface area (Å²) in [5, 5.41) is 10.2. The van der Waals surface area contributed by atoms with Gasteiger partial charge in [0.2, 0.25) is 0 Å². The summed E-state index contributed by atoms with van der Waals surface area (Å²) in [6.45, 7) is 8.27. The summed E-state index contributed by atoms with van der Waals surface area (Å²) in [6.07, 6.45) is 3.15. The van der Waals surface area contributed by atoms with E-state index in [0.29, 0.717) is 17.9 Å². The van der Waals surface area contributed by atoms with E-state index in [1.54, 1.807) is 18.3 Å². The maximum atomic E-state index is 12.5. The van der Waals surface area contributed by atoms with Crippen molar-refractivity contribution in [3.63, 3.8) is 0 Å². The normalized spacial score (nSPS) is 10.9. The van der Waals surface area contributed by atoms with E-state index in [2.05, 4.69) is 20.7 Å². The minimum Gasteiger partial charge on any atom is -0.308 e. The van der Waals surface area contributed by atoms with Crippen molar-refractivity contribution in [2.45, 2.75) is 40.3 Å². The van der Waals surface area contributed by atoms with Crippen LogP contribution in [0.2, 0.25) is 0 Å². The molecule has 1 aromatic carbocycles. The number of hydrogen-bond acceptors (Lipinski definition) is 4. The molecule has 0 saturated heterocycles. The van der Waals surface area contributed by atoms with Gasteiger partial charge in [-0.05, 0) is 51.5 Å². The zero-order chi connectivity index (χ0) is 20.3. The Bertz CT molecular complexity index is 1050. The molecule has 8 heteroatoms. The number of anilines is 2. The van der Waals surface area contributed by atoms with Crippen LogP contribution in [0.1, 0.15) is 36.8 Å². The fourth-order valence-electron chi connectivity index (χ4n) is 3.07. The summed E-state index contributed by atoms with van der Waals surface area (Å²) in [4.78, 5) is 28.0. The van der Waals surface area contributed by atoms with Gasteiger partial charge in [-0.3, -0.25) is 9.25 Å². The maximum absolute atomic E-state index is 12.5. The molecule has 0 aliphatic carbocycles. The predicted octanol–water partition coefficient (Wildman–Crippen LogP) is 3.33. The quantitative estimate of drug-likeness (QED) is 0.710. The highest BCUT2D eigenvalue weighted by Gasteiger charge is 2.15. The number of rotatable bonds is 5. The Hall–Kier alpha value is -3.42. The first-order valence-corrected chi connectivity index (χ1v) is 9.09. The highest BCUT2D eigenvalue weighted by molar-refractivity contribution is 6.00. The van der Waals surface area contributed by atoms with Gasteiger partial charge in [-0.15, -0.1) is 0 Å². The van der Waals surface area contributed by atoms with Gasteiger partial charge in [0, 0.05) is 24.1 Å². The summed E-state index contributed by atoms with van der Waals surface area (Å²) < 4.78 is 3.39. The number of benzene rings is 1. The first-order chi connectivity index (χ1) is 13.3. The fraction of sp³-hybridized carbons (Fsp3) is 0.300. The van der Waals surface area contributed by atoms with Gasteiger partial charge in [-0.1, -0.05) is 12.1 Å². The molecule has 8 nitrogen and oxygen atoms in total. The summed E-state index contributed by atoms with van der Waals surface area (Å²) >= 11 is 0. The first kappa shape index (κ1) is 19.3. The molecule has 3 aromatic rings. The molecule has 0 saturated carbocycles. The molecule has 2 aromatic heterocycles. The lowest BCUT2D eigenvalue weighted by Crippen LogP contribution is -2.22. The van der Waals surface area contributed by atoms with Gasteiger partial charge in [0.25, 0.3) is 0 Å². The van der Waals surface area contributed by atoms with Gasteiger partial charge in [0.1, 0.15) is 0 Å². The van der Waals surface area contributed by atoms with E-state index >= 15 is 0 Å². The van der Waals surface area contributed by atoms with Crippen molar-refractivity contribution in [2.75, 3.05) is 10.6 Å². The predicted molar refractivity (Wildman–Crippen MR) is 109 cm³/mol. The number of aryl methyl sites for hydroxylation is 1. The summed E-state index contributed by atoms with van der Waals surface area (Å²) in [7, 11) is 0. The Morgan fingerprint density at radius 3 is 2.64 bits per heavy atom. The second kappa shape index (κ2) is 8.08. The van der Waals surface area contributed by atoms with E-state index in [1.807, 2.05) is 50.6 Å². The van der Waals surface area contributed by atoms with E-state index in [1.165, 1.54) is 10.8 Å². The zero-order valence-electron chi connectivity index (χ0n) is 16.4. The van der Waals surface area contributed by atoms with Crippen molar-refractivity contribution in [2.24, 2.45) is 0 Å². The van der Waals surface area contributed by atoms with Crippen molar-refractivity contribution in [1.29, 1.82) is 0 Å². The first-order valence-electron chi connectivity index (χ1n) is 9.09. The summed E-state index contributed by atoms with van der Waals surface area (Å²) in [5.74, 6) is 0. The van der Waals surface area contributed by atoms with Gasteiger partial charge in [0.15, 0.2) is 0 Å². The van der Waals surface area contributed by atoms with E-state index < -0.39 is 0 Å². The molecule has 0 radical (unpaired) electrons. The third-order valence-electron chi connectivity index (χ3n) is 4.37. The smallest absolute Gasteiger partial charge is 0.308 e. The highest BCUT2D eigenvalue weighted by Crippen LogP contribution is 2.22. The van der Waals surface area contributed by atoms with E-state index in [0.717, 1.165) is 17.0 Å². The minimum atomic E-state index is -0.342. The Morgan fingerprint density at radius 2 is 1.96 bits per heavy atom. The number of aromatic nitrogens is 4. The molecular formula is C20H24N6O2. The van der Waals surface area contributed by atoms with Gasteiger partial charge >= 0.3 is 11.7 Å². The van der Waals surface area contributed by atoms with Gasteiger partial charge in [0.05, 0.1) is 23.6 Å². The molecule has 0 aliphatic rings. The van der Waals surface area contributed by atoms with Gasteiger partial charge < -0.3 is 10.6 Å². The van der Waals surface area contributed by atoms with Crippen molar-refractivity contribution >= 4 is 17.4 Å². The third kappa shape index (κ3) is 4.28. The summed E-state index contributed by atoms with van der Waals surface area (Å²) in [6, 6.07) is 8.93. The lowest BCUT2D eigenvalue weighted by atomic mass is 10.2. The standard InChI is InChI=1S/C20H24N6O2/c1-13(2)26-15(4)18(14(3)24-26)23-19(27)22-17-8-5-7-16(11-17)12-25-10-6-9-21-20(25)28/h5-11,13H,12H2,1-4H3,(H2,22,23,27). The lowest BCUT2D eigenvalue weighted by molar-refractivity contribution is 0.262. The van der Waals surface area contributed by atoms with Crippen molar-refractivity contribution in [3.8, 4) is 0 Å². The van der Waals surface area contributed by atoms with E-state index in [-0.39, 0.29) is 17.8 Å². The largest absolute Gasteiger partial charge is 0.347 e. The van der Waals surface area contributed by atoms with Crippen LogP contribution >= 0.6 is 0 Å². The van der Waals surface area contributed by atoms with Crippen LogP contribution in [0.3, 0.4) is 0 Å². The molecule has 0 spiro atoms. The second-order valence-corrected chi connectivity index (χ2v) is 6.89. The number of nitrogens with one attached hydrogen (secondary N) is 2. The number of carbonyl (C=O) groups excluding carboxylic acids is 1. The number of urea groups is 1. The Balaban J connectivity index is 1.72. The van der Waals surface area contributed by atoms with Crippen LogP contribution < -0.4 is 16.3 Å². The number of hydrogen-bond donors (Lipinski definition) is 2. The second-order valence-electron chi connectivity index (χ2n) is 6.89. The number of amides is 2. The molecule has 0 bridgehead atoms. The Labute approximate surface area is 163 Å². The number of carbonyl (C=O) groups is 1. The molecule has 28 heavy (non-hydrogen) atoms. The monoisotopic (exact) mass is 380 g/mol. The Morgan fingerprint density at radius 1 is 1.18 bits per heavy atom. The SMILES string of the molecule is Cc1nn(C(C)C)c(C)c1NC(=O)Nc1cccc(Cn2cccnc2=O)c1. The molecule has 2 heterocycles. The number of nitrogens with zero attached hydrogens (tertiary/aromatic N) is 4. The average Bonchev–Trinajstić information content (AvgIpc) is 2.92. The molecule has 0 fully saturated rings. The molecule has 2 amide bonds. The molecule has 3 rings (SSSR count). The van der Waals surface area contributed by atoms with Crippen molar-refractivity contribution < 1.29 is 4.79 Å². The molecule has 0 unspecified atom stereocenters. The Kier molecular flexibility index (Phi) is 5.58. The van der Waals surface area contributed by atoms with Crippen LogP contribution in [-0.4, -0.2) is 25.4 Å². The molecule has 0 aliphatic heterocycles. The van der Waals surface area contributed by atoms with Crippen molar-refractivity contribution in [3.05, 3.63) is 70.2 Å². The van der Waals surface area contributed by atoms with Crippen LogP contribution in [0, 0.1) is 13.8 Å². The molecule has 2 N–H and O–H groups in total. The molecule has 146 valence electrons.